The summed E-state index contributed by atoms with van der Waals surface area (Å²) in [5, 5.41) is 3.54. The van der Waals surface area contributed by atoms with Gasteiger partial charge in [0.1, 0.15) is 11.6 Å². The summed E-state index contributed by atoms with van der Waals surface area (Å²) < 4.78 is 34.1. The van der Waals surface area contributed by atoms with E-state index in [-0.39, 0.29) is 25.4 Å². The summed E-state index contributed by atoms with van der Waals surface area (Å²) in [7, 11) is 0. The van der Waals surface area contributed by atoms with Gasteiger partial charge in [-0.15, -0.1) is 0 Å². The van der Waals surface area contributed by atoms with Crippen molar-refractivity contribution in [1.29, 1.82) is 0 Å². The number of amides is 1. The van der Waals surface area contributed by atoms with Gasteiger partial charge in [-0.2, -0.15) is 0 Å². The Balaban J connectivity index is 1.49. The summed E-state index contributed by atoms with van der Waals surface area (Å²) in [6, 6.07) is 9.71. The number of halogens is 3. The average molecular weight is 436 g/mol. The van der Waals surface area contributed by atoms with Crippen LogP contribution >= 0.6 is 11.6 Å². The van der Waals surface area contributed by atoms with Gasteiger partial charge in [0.15, 0.2) is 0 Å². The van der Waals surface area contributed by atoms with E-state index in [4.69, 9.17) is 16.3 Å². The van der Waals surface area contributed by atoms with E-state index in [9.17, 15) is 13.6 Å². The molecule has 1 aromatic carbocycles. The zero-order chi connectivity index (χ0) is 21.1. The lowest BCUT2D eigenvalue weighted by Crippen LogP contribution is -2.52. The van der Waals surface area contributed by atoms with E-state index in [1.165, 1.54) is 11.1 Å². The van der Waals surface area contributed by atoms with Crippen LogP contribution in [0.1, 0.15) is 36.0 Å². The molecule has 2 aromatic rings. The van der Waals surface area contributed by atoms with Crippen LogP contribution in [-0.2, 0) is 0 Å². The third kappa shape index (κ3) is 5.19. The smallest absolute Gasteiger partial charge is 0.257 e. The first-order chi connectivity index (χ1) is 14.4. The molecule has 5 nitrogen and oxygen atoms in total. The van der Waals surface area contributed by atoms with Gasteiger partial charge in [-0.3, -0.25) is 4.79 Å². The van der Waals surface area contributed by atoms with Crippen molar-refractivity contribution in [2.45, 2.75) is 37.6 Å². The summed E-state index contributed by atoms with van der Waals surface area (Å²) in [5.41, 5.74) is 0.415. The minimum atomic E-state index is -2.81. The predicted octanol–water partition coefficient (Wildman–Crippen LogP) is 4.88. The average Bonchev–Trinajstić information content (AvgIpc) is 3.56. The fraction of sp³-hybridized carbons (Fsp3) is 0.455. The van der Waals surface area contributed by atoms with Crippen LogP contribution in [0.3, 0.4) is 0 Å². The van der Waals surface area contributed by atoms with Crippen LogP contribution < -0.4 is 10.1 Å². The maximum atomic E-state index is 14.1. The fourth-order valence-electron chi connectivity index (χ4n) is 3.59. The quantitative estimate of drug-likeness (QED) is 0.673. The van der Waals surface area contributed by atoms with Crippen LogP contribution in [0.5, 0.6) is 5.75 Å². The third-order valence-electron chi connectivity index (χ3n) is 5.49. The first-order valence-corrected chi connectivity index (χ1v) is 10.6. The van der Waals surface area contributed by atoms with Gasteiger partial charge in [0.2, 0.25) is 0 Å². The minimum Gasteiger partial charge on any atom is -0.492 e. The van der Waals surface area contributed by atoms with Gasteiger partial charge in [0.25, 0.3) is 11.8 Å². The molecule has 1 saturated carbocycles. The lowest BCUT2D eigenvalue weighted by Gasteiger charge is -2.39. The number of para-hydroxylation sites is 1. The molecule has 1 amide bonds. The third-order valence-corrected chi connectivity index (χ3v) is 5.71. The van der Waals surface area contributed by atoms with Gasteiger partial charge in [-0.25, -0.2) is 13.8 Å². The molecule has 0 unspecified atom stereocenters. The highest BCUT2D eigenvalue weighted by atomic mass is 35.5. The Kier molecular flexibility index (Phi) is 6.09. The number of ether oxygens (including phenoxy) is 1. The first-order valence-electron chi connectivity index (χ1n) is 10.2. The van der Waals surface area contributed by atoms with Crippen LogP contribution in [0.2, 0.25) is 5.02 Å². The van der Waals surface area contributed by atoms with Crippen molar-refractivity contribution in [2.75, 3.05) is 25.0 Å². The number of anilines is 1. The lowest BCUT2D eigenvalue weighted by atomic mass is 9.97. The topological polar surface area (TPSA) is 54.5 Å². The van der Waals surface area contributed by atoms with Gasteiger partial charge < -0.3 is 15.0 Å². The Morgan fingerprint density at radius 3 is 2.80 bits per heavy atom. The largest absolute Gasteiger partial charge is 0.492 e. The number of nitrogens with zero attached hydrogens (tertiary/aromatic N) is 2. The molecule has 30 heavy (non-hydrogen) atoms. The Labute approximate surface area is 179 Å². The molecule has 1 aromatic heterocycles. The highest BCUT2D eigenvalue weighted by molar-refractivity contribution is 6.30. The van der Waals surface area contributed by atoms with Gasteiger partial charge in [0, 0.05) is 32.1 Å². The lowest BCUT2D eigenvalue weighted by molar-refractivity contribution is -0.0674. The zero-order valence-corrected chi connectivity index (χ0v) is 17.2. The van der Waals surface area contributed by atoms with E-state index in [1.54, 1.807) is 30.3 Å². The van der Waals surface area contributed by atoms with Gasteiger partial charge >= 0.3 is 0 Å². The highest BCUT2D eigenvalue weighted by Gasteiger charge is 2.42. The molecular weight excluding hydrogens is 412 g/mol. The van der Waals surface area contributed by atoms with Gasteiger partial charge in [-0.05, 0) is 43.0 Å². The second-order valence-electron chi connectivity index (χ2n) is 7.96. The normalized spacial score (nSPS) is 20.6. The highest BCUT2D eigenvalue weighted by Crippen LogP contribution is 2.34. The Morgan fingerprint density at radius 2 is 2.07 bits per heavy atom. The number of alkyl halides is 2. The van der Waals surface area contributed by atoms with Crippen molar-refractivity contribution in [1.82, 2.24) is 9.88 Å². The monoisotopic (exact) mass is 435 g/mol. The summed E-state index contributed by atoms with van der Waals surface area (Å²) in [4.78, 5) is 19.0. The minimum absolute atomic E-state index is 0.0107. The molecule has 1 atom stereocenters. The van der Waals surface area contributed by atoms with E-state index < -0.39 is 18.4 Å². The van der Waals surface area contributed by atoms with Crippen LogP contribution in [0.15, 0.2) is 42.6 Å². The molecule has 1 N–H and O–H groups in total. The molecule has 1 aliphatic heterocycles. The molecule has 1 saturated heterocycles. The summed E-state index contributed by atoms with van der Waals surface area (Å²) in [5.74, 6) is -1.51. The first kappa shape index (κ1) is 20.8. The SMILES string of the molecule is O=C(c1ccccc1OCC1CC1)N1CCC(F)(F)C[C@H]1CNc1ccc(Cl)cn1. The molecule has 1 aliphatic carbocycles. The Bertz CT molecular complexity index is 890. The van der Waals surface area contributed by atoms with Crippen LogP contribution in [0.25, 0.3) is 0 Å². The van der Waals surface area contributed by atoms with E-state index in [0.29, 0.717) is 34.7 Å². The number of nitrogens with one attached hydrogen (secondary N) is 1. The van der Waals surface area contributed by atoms with Crippen molar-refractivity contribution < 1.29 is 18.3 Å². The molecule has 160 valence electrons. The molecule has 2 aliphatic rings. The molecule has 0 spiro atoms. The summed E-state index contributed by atoms with van der Waals surface area (Å²) in [6.07, 6.45) is 3.02. The van der Waals surface area contributed by atoms with Crippen LogP contribution in [0, 0.1) is 5.92 Å². The van der Waals surface area contributed by atoms with Crippen molar-refractivity contribution >= 4 is 23.3 Å². The number of likely N-dealkylation sites (tertiary alicyclic amines) is 1. The second kappa shape index (κ2) is 8.76. The van der Waals surface area contributed by atoms with Crippen molar-refractivity contribution in [3.63, 3.8) is 0 Å². The standard InChI is InChI=1S/C22H24ClF2N3O2/c23-16-7-8-20(26-12-16)27-13-17-11-22(24,25)9-10-28(17)21(29)18-3-1-2-4-19(18)30-14-15-5-6-15/h1-4,7-8,12,15,17H,5-6,9-11,13-14H2,(H,26,27)/t17-/m0/s1. The Morgan fingerprint density at radius 1 is 1.27 bits per heavy atom. The number of carbonyl (C=O) groups excluding carboxylic acids is 1. The maximum absolute atomic E-state index is 14.1. The van der Waals surface area contributed by atoms with E-state index in [1.807, 2.05) is 6.07 Å². The van der Waals surface area contributed by atoms with E-state index in [0.717, 1.165) is 12.8 Å². The van der Waals surface area contributed by atoms with Gasteiger partial charge in [-0.1, -0.05) is 23.7 Å². The number of hydrogen-bond acceptors (Lipinski definition) is 4. The molecule has 0 radical (unpaired) electrons. The fourth-order valence-corrected chi connectivity index (χ4v) is 3.70. The van der Waals surface area contributed by atoms with Crippen LogP contribution in [-0.4, -0.2) is 47.5 Å². The van der Waals surface area contributed by atoms with Crippen molar-refractivity contribution in [2.24, 2.45) is 5.92 Å². The molecular formula is C22H24ClF2N3O2. The van der Waals surface area contributed by atoms with Crippen molar-refractivity contribution in [3.8, 4) is 5.75 Å². The zero-order valence-electron chi connectivity index (χ0n) is 16.5. The predicted molar refractivity (Wildman–Crippen MR) is 111 cm³/mol. The maximum Gasteiger partial charge on any atom is 0.257 e. The number of piperidine rings is 1. The summed E-state index contributed by atoms with van der Waals surface area (Å²) >= 11 is 5.84. The van der Waals surface area contributed by atoms with E-state index >= 15 is 0 Å². The van der Waals surface area contributed by atoms with Crippen molar-refractivity contribution in [3.05, 3.63) is 53.2 Å². The molecule has 2 heterocycles. The number of carbonyl (C=O) groups is 1. The number of hydrogen-bond donors (Lipinski definition) is 1. The second-order valence-corrected chi connectivity index (χ2v) is 8.39. The van der Waals surface area contributed by atoms with Gasteiger partial charge in [0.05, 0.1) is 23.2 Å². The number of rotatable bonds is 7. The molecule has 2 fully saturated rings. The van der Waals surface area contributed by atoms with E-state index in [2.05, 4.69) is 10.3 Å². The number of aromatic nitrogens is 1. The molecule has 4 rings (SSSR count). The molecule has 0 bridgehead atoms. The number of benzene rings is 1. The Hall–Kier alpha value is -2.41. The number of pyridine rings is 1. The van der Waals surface area contributed by atoms with Crippen LogP contribution in [0.4, 0.5) is 14.6 Å². The summed E-state index contributed by atoms with van der Waals surface area (Å²) in [6.45, 7) is 0.736. The molecule has 8 heteroatoms.